The molecular formula is C19H23N5O2. The van der Waals surface area contributed by atoms with E-state index >= 15 is 0 Å². The predicted octanol–water partition coefficient (Wildman–Crippen LogP) is 2.40. The van der Waals surface area contributed by atoms with Gasteiger partial charge in [0.05, 0.1) is 0 Å². The Labute approximate surface area is 153 Å². The average molecular weight is 353 g/mol. The fraction of sp³-hybridized carbons (Fsp3) is 0.368. The lowest BCUT2D eigenvalue weighted by Crippen LogP contribution is -2.48. The molecule has 7 heteroatoms. The Bertz CT molecular complexity index is 811. The van der Waals surface area contributed by atoms with E-state index in [1.165, 1.54) is 0 Å². The molecule has 136 valence electrons. The maximum Gasteiger partial charge on any atom is 0.219 e. The van der Waals surface area contributed by atoms with Gasteiger partial charge in [-0.2, -0.15) is 0 Å². The number of hydrogen-bond acceptors (Lipinski definition) is 6. The van der Waals surface area contributed by atoms with E-state index in [9.17, 15) is 9.59 Å². The number of aromatic nitrogens is 2. The van der Waals surface area contributed by atoms with Gasteiger partial charge in [0.1, 0.15) is 17.5 Å². The third kappa shape index (κ3) is 4.17. The van der Waals surface area contributed by atoms with Crippen LogP contribution in [0, 0.1) is 6.92 Å². The lowest BCUT2D eigenvalue weighted by molar-refractivity contribution is -0.129. The summed E-state index contributed by atoms with van der Waals surface area (Å²) in [5, 5.41) is 3.26. The predicted molar refractivity (Wildman–Crippen MR) is 101 cm³/mol. The Balaban J connectivity index is 1.73. The van der Waals surface area contributed by atoms with Crippen LogP contribution in [-0.4, -0.2) is 52.7 Å². The van der Waals surface area contributed by atoms with E-state index < -0.39 is 0 Å². The van der Waals surface area contributed by atoms with Crippen LogP contribution in [-0.2, 0) is 4.79 Å². The van der Waals surface area contributed by atoms with Gasteiger partial charge in [-0.3, -0.25) is 9.59 Å². The molecule has 0 atom stereocenters. The van der Waals surface area contributed by atoms with E-state index in [1.807, 2.05) is 30.0 Å². The van der Waals surface area contributed by atoms with Gasteiger partial charge >= 0.3 is 0 Å². The number of ketones is 1. The van der Waals surface area contributed by atoms with Gasteiger partial charge < -0.3 is 15.1 Å². The molecule has 2 aromatic rings. The van der Waals surface area contributed by atoms with Crippen LogP contribution < -0.4 is 10.2 Å². The number of rotatable bonds is 4. The monoisotopic (exact) mass is 353 g/mol. The molecule has 3 rings (SSSR count). The summed E-state index contributed by atoms with van der Waals surface area (Å²) in [6.07, 6.45) is 0. The number of piperazine rings is 1. The second-order valence-electron chi connectivity index (χ2n) is 6.41. The number of nitrogens with zero attached hydrogens (tertiary/aromatic N) is 4. The van der Waals surface area contributed by atoms with Crippen molar-refractivity contribution in [3.8, 4) is 0 Å². The number of benzene rings is 1. The van der Waals surface area contributed by atoms with Gasteiger partial charge in [-0.15, -0.1) is 0 Å². The Morgan fingerprint density at radius 1 is 1.00 bits per heavy atom. The Morgan fingerprint density at radius 3 is 2.23 bits per heavy atom. The molecule has 26 heavy (non-hydrogen) atoms. The number of aryl methyl sites for hydroxylation is 1. The normalized spacial score (nSPS) is 14.3. The van der Waals surface area contributed by atoms with Crippen LogP contribution in [0.4, 0.5) is 17.3 Å². The van der Waals surface area contributed by atoms with Gasteiger partial charge in [-0.05, 0) is 38.1 Å². The first-order valence-corrected chi connectivity index (χ1v) is 8.66. The number of Topliss-reactive ketones (excluding diaryl/α,β-unsaturated/α-hetero) is 1. The molecule has 1 fully saturated rings. The van der Waals surface area contributed by atoms with Gasteiger partial charge in [0, 0.05) is 50.4 Å². The van der Waals surface area contributed by atoms with E-state index in [-0.39, 0.29) is 11.7 Å². The molecule has 0 radical (unpaired) electrons. The molecule has 0 bridgehead atoms. The topological polar surface area (TPSA) is 78.4 Å². The average Bonchev–Trinajstić information content (AvgIpc) is 2.61. The van der Waals surface area contributed by atoms with Crippen LogP contribution in [0.3, 0.4) is 0 Å². The van der Waals surface area contributed by atoms with Crippen molar-refractivity contribution in [2.24, 2.45) is 0 Å². The lowest BCUT2D eigenvalue weighted by atomic mass is 10.1. The van der Waals surface area contributed by atoms with Crippen molar-refractivity contribution in [3.05, 3.63) is 41.7 Å². The van der Waals surface area contributed by atoms with Gasteiger partial charge in [0.25, 0.3) is 0 Å². The molecule has 0 aliphatic carbocycles. The lowest BCUT2D eigenvalue weighted by Gasteiger charge is -2.35. The first kappa shape index (κ1) is 17.8. The minimum absolute atomic E-state index is 0.0430. The smallest absolute Gasteiger partial charge is 0.219 e. The van der Waals surface area contributed by atoms with Crippen LogP contribution in [0.15, 0.2) is 30.3 Å². The zero-order valence-electron chi connectivity index (χ0n) is 15.3. The summed E-state index contributed by atoms with van der Waals surface area (Å²) in [6.45, 7) is 7.92. The molecule has 1 saturated heterocycles. The maximum absolute atomic E-state index is 11.5. The summed E-state index contributed by atoms with van der Waals surface area (Å²) < 4.78 is 0. The SMILES string of the molecule is CC(=O)c1ccc(Nc2cc(N3CCN(C(C)=O)CC3)nc(C)n2)cc1. The van der Waals surface area contributed by atoms with Crippen LogP contribution in [0.25, 0.3) is 0 Å². The van der Waals surface area contributed by atoms with Crippen molar-refractivity contribution in [1.82, 2.24) is 14.9 Å². The van der Waals surface area contributed by atoms with E-state index in [0.717, 1.165) is 24.6 Å². The second-order valence-corrected chi connectivity index (χ2v) is 6.41. The van der Waals surface area contributed by atoms with Crippen LogP contribution in [0.2, 0.25) is 0 Å². The van der Waals surface area contributed by atoms with Gasteiger partial charge in [-0.1, -0.05) is 0 Å². The molecular weight excluding hydrogens is 330 g/mol. The van der Waals surface area contributed by atoms with E-state index in [4.69, 9.17) is 0 Å². The van der Waals surface area contributed by atoms with E-state index in [0.29, 0.717) is 30.3 Å². The van der Waals surface area contributed by atoms with E-state index in [1.54, 1.807) is 26.0 Å². The molecule has 1 aliphatic heterocycles. The van der Waals surface area contributed by atoms with Crippen molar-refractivity contribution in [1.29, 1.82) is 0 Å². The Kier molecular flexibility index (Phi) is 5.16. The maximum atomic E-state index is 11.5. The summed E-state index contributed by atoms with van der Waals surface area (Å²) >= 11 is 0. The van der Waals surface area contributed by atoms with Crippen molar-refractivity contribution >= 4 is 29.0 Å². The molecule has 0 saturated carbocycles. The number of amides is 1. The number of anilines is 3. The third-order valence-electron chi connectivity index (χ3n) is 4.44. The Morgan fingerprint density at radius 2 is 1.65 bits per heavy atom. The minimum Gasteiger partial charge on any atom is -0.353 e. The van der Waals surface area contributed by atoms with Crippen molar-refractivity contribution in [3.63, 3.8) is 0 Å². The van der Waals surface area contributed by atoms with Crippen LogP contribution in [0.5, 0.6) is 0 Å². The van der Waals surface area contributed by atoms with Gasteiger partial charge in [0.15, 0.2) is 5.78 Å². The molecule has 1 N–H and O–H groups in total. The molecule has 1 aromatic carbocycles. The fourth-order valence-electron chi connectivity index (χ4n) is 2.96. The quantitative estimate of drug-likeness (QED) is 0.851. The highest BCUT2D eigenvalue weighted by Crippen LogP contribution is 2.21. The van der Waals surface area contributed by atoms with Crippen LogP contribution in [0.1, 0.15) is 30.0 Å². The zero-order valence-corrected chi connectivity index (χ0v) is 15.3. The largest absolute Gasteiger partial charge is 0.353 e. The van der Waals surface area contributed by atoms with Crippen molar-refractivity contribution < 1.29 is 9.59 Å². The molecule has 7 nitrogen and oxygen atoms in total. The first-order valence-electron chi connectivity index (χ1n) is 8.66. The molecule has 0 spiro atoms. The Hall–Kier alpha value is -2.96. The summed E-state index contributed by atoms with van der Waals surface area (Å²) in [4.78, 5) is 35.8. The molecule has 1 aromatic heterocycles. The number of carbonyl (C=O) groups excluding carboxylic acids is 2. The molecule has 0 unspecified atom stereocenters. The first-order chi connectivity index (χ1) is 12.4. The molecule has 1 aliphatic rings. The standard InChI is InChI=1S/C19H23N5O2/c1-13(25)16-4-6-17(7-5-16)22-18-12-19(21-14(2)20-18)24-10-8-23(9-11-24)15(3)26/h4-7,12H,8-11H2,1-3H3,(H,20,21,22). The fourth-order valence-corrected chi connectivity index (χ4v) is 2.96. The number of nitrogens with one attached hydrogen (secondary N) is 1. The molecule has 2 heterocycles. The molecule has 1 amide bonds. The van der Waals surface area contributed by atoms with Gasteiger partial charge in [0.2, 0.25) is 5.91 Å². The summed E-state index contributed by atoms with van der Waals surface area (Å²) in [6, 6.07) is 9.22. The highest BCUT2D eigenvalue weighted by atomic mass is 16.2. The highest BCUT2D eigenvalue weighted by molar-refractivity contribution is 5.94. The summed E-state index contributed by atoms with van der Waals surface area (Å²) in [5.41, 5.74) is 1.54. The highest BCUT2D eigenvalue weighted by Gasteiger charge is 2.20. The van der Waals surface area contributed by atoms with Gasteiger partial charge in [-0.25, -0.2) is 9.97 Å². The van der Waals surface area contributed by atoms with Crippen LogP contribution >= 0.6 is 0 Å². The third-order valence-corrected chi connectivity index (χ3v) is 4.44. The zero-order chi connectivity index (χ0) is 18.7. The van der Waals surface area contributed by atoms with Crippen molar-refractivity contribution in [2.75, 3.05) is 36.4 Å². The second kappa shape index (κ2) is 7.51. The van der Waals surface area contributed by atoms with Crippen molar-refractivity contribution in [2.45, 2.75) is 20.8 Å². The summed E-state index contributed by atoms with van der Waals surface area (Å²) in [5.74, 6) is 2.39. The number of carbonyl (C=O) groups is 2. The minimum atomic E-state index is 0.0430. The summed E-state index contributed by atoms with van der Waals surface area (Å²) in [7, 11) is 0. The number of hydrogen-bond donors (Lipinski definition) is 1. The van der Waals surface area contributed by atoms with E-state index in [2.05, 4.69) is 20.2 Å².